The fourth-order valence-corrected chi connectivity index (χ4v) is 3.65. The number of carbonyl (C=O) groups excluding carboxylic acids is 1. The molecular formula is C22H23NO6S. The summed E-state index contributed by atoms with van der Waals surface area (Å²) in [5, 5.41) is 2.64. The van der Waals surface area contributed by atoms with E-state index in [1.54, 1.807) is 25.3 Å². The third-order valence-electron chi connectivity index (χ3n) is 4.25. The van der Waals surface area contributed by atoms with Crippen molar-refractivity contribution in [2.75, 3.05) is 27.9 Å². The van der Waals surface area contributed by atoms with E-state index < -0.39 is 5.97 Å². The first kappa shape index (κ1) is 21.4. The summed E-state index contributed by atoms with van der Waals surface area (Å²) in [6.45, 7) is 2.51. The van der Waals surface area contributed by atoms with Crippen molar-refractivity contribution in [2.24, 2.45) is 0 Å². The van der Waals surface area contributed by atoms with E-state index in [0.29, 0.717) is 35.3 Å². The van der Waals surface area contributed by atoms with Crippen LogP contribution in [0.3, 0.4) is 0 Å². The smallest absolute Gasteiger partial charge is 0.346 e. The van der Waals surface area contributed by atoms with Crippen LogP contribution in [-0.2, 0) is 11.3 Å². The van der Waals surface area contributed by atoms with Gasteiger partial charge in [-0.1, -0.05) is 6.07 Å². The maximum absolute atomic E-state index is 12.6. The highest BCUT2D eigenvalue weighted by Crippen LogP contribution is 2.34. The number of hydrogen-bond acceptors (Lipinski definition) is 8. The van der Waals surface area contributed by atoms with Crippen molar-refractivity contribution in [3.05, 3.63) is 53.0 Å². The molecule has 0 amide bonds. The summed E-state index contributed by atoms with van der Waals surface area (Å²) >= 11 is 1.46. The van der Waals surface area contributed by atoms with Crippen LogP contribution in [0.4, 0.5) is 0 Å². The Morgan fingerprint density at radius 1 is 0.967 bits per heavy atom. The number of benzene rings is 2. The molecule has 2 aromatic carbocycles. The predicted octanol–water partition coefficient (Wildman–Crippen LogP) is 4.59. The second-order valence-corrected chi connectivity index (χ2v) is 6.91. The van der Waals surface area contributed by atoms with E-state index in [1.165, 1.54) is 25.6 Å². The van der Waals surface area contributed by atoms with Crippen LogP contribution in [-0.4, -0.2) is 38.9 Å². The molecule has 0 N–H and O–H groups in total. The standard InChI is InChI=1S/C22H23NO6S/c1-5-28-16-10-9-14(11-19(16)27-4)21-23-15(13-30-21)12-29-22(24)20-17(25-2)7-6-8-18(20)26-3/h6-11,13H,5,12H2,1-4H3. The van der Waals surface area contributed by atoms with Crippen LogP contribution < -0.4 is 18.9 Å². The van der Waals surface area contributed by atoms with Crippen molar-refractivity contribution in [1.82, 2.24) is 4.98 Å². The molecule has 0 atom stereocenters. The van der Waals surface area contributed by atoms with Crippen molar-refractivity contribution in [2.45, 2.75) is 13.5 Å². The van der Waals surface area contributed by atoms with Gasteiger partial charge in [0.2, 0.25) is 0 Å². The number of aromatic nitrogens is 1. The Morgan fingerprint density at radius 3 is 2.30 bits per heavy atom. The number of rotatable bonds is 9. The molecule has 8 heteroatoms. The Bertz CT molecular complexity index is 994. The van der Waals surface area contributed by atoms with Crippen molar-refractivity contribution in [3.63, 3.8) is 0 Å². The molecule has 0 aliphatic heterocycles. The second kappa shape index (κ2) is 9.98. The Labute approximate surface area is 179 Å². The molecule has 1 heterocycles. The van der Waals surface area contributed by atoms with E-state index in [2.05, 4.69) is 4.98 Å². The fraction of sp³-hybridized carbons (Fsp3) is 0.273. The first-order chi connectivity index (χ1) is 14.6. The summed E-state index contributed by atoms with van der Waals surface area (Å²) in [6, 6.07) is 10.7. The fourth-order valence-electron chi connectivity index (χ4n) is 2.85. The molecule has 158 valence electrons. The van der Waals surface area contributed by atoms with E-state index in [4.69, 9.17) is 23.7 Å². The van der Waals surface area contributed by atoms with Gasteiger partial charge in [0.15, 0.2) is 11.5 Å². The molecule has 30 heavy (non-hydrogen) atoms. The number of methoxy groups -OCH3 is 3. The second-order valence-electron chi connectivity index (χ2n) is 6.06. The quantitative estimate of drug-likeness (QED) is 0.460. The lowest BCUT2D eigenvalue weighted by atomic mass is 10.2. The van der Waals surface area contributed by atoms with Gasteiger partial charge in [-0.3, -0.25) is 0 Å². The third kappa shape index (κ3) is 4.65. The lowest BCUT2D eigenvalue weighted by Gasteiger charge is -2.11. The van der Waals surface area contributed by atoms with Gasteiger partial charge in [-0.05, 0) is 37.3 Å². The van der Waals surface area contributed by atoms with Crippen LogP contribution in [0.1, 0.15) is 23.0 Å². The topological polar surface area (TPSA) is 76.1 Å². The van der Waals surface area contributed by atoms with Crippen molar-refractivity contribution >= 4 is 17.3 Å². The first-order valence-electron chi connectivity index (χ1n) is 9.25. The molecule has 7 nitrogen and oxygen atoms in total. The Balaban J connectivity index is 1.73. The van der Waals surface area contributed by atoms with Crippen LogP contribution >= 0.6 is 11.3 Å². The molecule has 3 aromatic rings. The van der Waals surface area contributed by atoms with E-state index in [0.717, 1.165) is 10.6 Å². The van der Waals surface area contributed by atoms with Crippen LogP contribution in [0.15, 0.2) is 41.8 Å². The highest BCUT2D eigenvalue weighted by Gasteiger charge is 2.20. The lowest BCUT2D eigenvalue weighted by molar-refractivity contribution is 0.0461. The normalized spacial score (nSPS) is 10.4. The summed E-state index contributed by atoms with van der Waals surface area (Å²) in [6.07, 6.45) is 0. The SMILES string of the molecule is CCOc1ccc(-c2nc(COC(=O)c3c(OC)cccc3OC)cs2)cc1OC. The average Bonchev–Trinajstić information content (AvgIpc) is 3.26. The molecule has 0 aliphatic rings. The lowest BCUT2D eigenvalue weighted by Crippen LogP contribution is -2.09. The Kier molecular flexibility index (Phi) is 7.13. The number of carbonyl (C=O) groups is 1. The summed E-state index contributed by atoms with van der Waals surface area (Å²) in [7, 11) is 4.58. The van der Waals surface area contributed by atoms with Gasteiger partial charge in [0.05, 0.1) is 33.6 Å². The molecule has 3 rings (SSSR count). The minimum Gasteiger partial charge on any atom is -0.496 e. The average molecular weight is 429 g/mol. The number of hydrogen-bond donors (Lipinski definition) is 0. The molecule has 0 fully saturated rings. The van der Waals surface area contributed by atoms with E-state index >= 15 is 0 Å². The zero-order chi connectivity index (χ0) is 21.5. The summed E-state index contributed by atoms with van der Waals surface area (Å²) in [5.74, 6) is 1.56. The highest BCUT2D eigenvalue weighted by atomic mass is 32.1. The maximum atomic E-state index is 12.6. The summed E-state index contributed by atoms with van der Waals surface area (Å²) < 4.78 is 26.9. The summed E-state index contributed by atoms with van der Waals surface area (Å²) in [4.78, 5) is 17.2. The maximum Gasteiger partial charge on any atom is 0.346 e. The van der Waals surface area contributed by atoms with Crippen molar-refractivity contribution in [1.29, 1.82) is 0 Å². The van der Waals surface area contributed by atoms with Gasteiger partial charge in [-0.2, -0.15) is 0 Å². The molecule has 0 unspecified atom stereocenters. The van der Waals surface area contributed by atoms with Crippen LogP contribution in [0, 0.1) is 0 Å². The zero-order valence-corrected chi connectivity index (χ0v) is 18.1. The number of ether oxygens (including phenoxy) is 5. The largest absolute Gasteiger partial charge is 0.496 e. The minimum absolute atomic E-state index is 0.0324. The number of esters is 1. The molecule has 0 bridgehead atoms. The number of nitrogens with zero attached hydrogens (tertiary/aromatic N) is 1. The molecule has 0 saturated carbocycles. The van der Waals surface area contributed by atoms with E-state index in [-0.39, 0.29) is 12.2 Å². The van der Waals surface area contributed by atoms with Crippen molar-refractivity contribution < 1.29 is 28.5 Å². The molecular weight excluding hydrogens is 406 g/mol. The first-order valence-corrected chi connectivity index (χ1v) is 10.1. The predicted molar refractivity (Wildman–Crippen MR) is 114 cm³/mol. The van der Waals surface area contributed by atoms with Crippen molar-refractivity contribution in [3.8, 4) is 33.6 Å². The summed E-state index contributed by atoms with van der Waals surface area (Å²) in [5.41, 5.74) is 1.78. The molecule has 1 aromatic heterocycles. The van der Waals surface area contributed by atoms with Gasteiger partial charge < -0.3 is 23.7 Å². The van der Waals surface area contributed by atoms with Crippen LogP contribution in [0.2, 0.25) is 0 Å². The highest BCUT2D eigenvalue weighted by molar-refractivity contribution is 7.13. The number of thiazole rings is 1. The van der Waals surface area contributed by atoms with Gasteiger partial charge in [0.25, 0.3) is 0 Å². The van der Waals surface area contributed by atoms with E-state index in [1.807, 2.05) is 30.5 Å². The van der Waals surface area contributed by atoms with Gasteiger partial charge in [-0.15, -0.1) is 11.3 Å². The van der Waals surface area contributed by atoms with Crippen LogP contribution in [0.5, 0.6) is 23.0 Å². The Hall–Kier alpha value is -3.26. The molecule has 0 aliphatic carbocycles. The van der Waals surface area contributed by atoms with Gasteiger partial charge in [0, 0.05) is 10.9 Å². The molecule has 0 saturated heterocycles. The van der Waals surface area contributed by atoms with Gasteiger partial charge >= 0.3 is 5.97 Å². The van der Waals surface area contributed by atoms with Crippen LogP contribution in [0.25, 0.3) is 10.6 Å². The minimum atomic E-state index is -0.540. The molecule has 0 radical (unpaired) electrons. The van der Waals surface area contributed by atoms with Gasteiger partial charge in [0.1, 0.15) is 28.7 Å². The van der Waals surface area contributed by atoms with Gasteiger partial charge in [-0.25, -0.2) is 9.78 Å². The molecule has 0 spiro atoms. The third-order valence-corrected chi connectivity index (χ3v) is 5.19. The van der Waals surface area contributed by atoms with E-state index in [9.17, 15) is 4.79 Å². The zero-order valence-electron chi connectivity index (χ0n) is 17.3. The Morgan fingerprint density at radius 2 is 1.67 bits per heavy atom. The monoisotopic (exact) mass is 429 g/mol.